The molecule has 0 amide bonds. The Morgan fingerprint density at radius 3 is 0.717 bits per heavy atom. The van der Waals surface area contributed by atoms with Gasteiger partial charge < -0.3 is 15.3 Å². The molecule has 0 fully saturated rings. The Morgan fingerprint density at radius 2 is 0.543 bits per heavy atom. The Bertz CT molecular complexity index is 1100. The quantitative estimate of drug-likeness (QED) is 0.185. The average Bonchev–Trinajstić information content (AvgIpc) is 2.90. The maximum Gasteiger partial charge on any atom is 3.00 e. The second-order valence-electron chi connectivity index (χ2n) is 15.3. The van der Waals surface area contributed by atoms with E-state index in [1.165, 1.54) is 16.7 Å². The molecule has 0 unspecified atom stereocenters. The molecule has 0 spiro atoms. The fourth-order valence-electron chi connectivity index (χ4n) is 5.65. The fraction of sp³-hybridized carbons (Fsp3) is 0.571. The summed E-state index contributed by atoms with van der Waals surface area (Å²) < 4.78 is 0. The van der Waals surface area contributed by atoms with E-state index in [1.54, 1.807) is 18.2 Å². The van der Waals surface area contributed by atoms with E-state index in [-0.39, 0.29) is 34.6 Å². The number of benzene rings is 3. The van der Waals surface area contributed by atoms with Crippen molar-refractivity contribution in [3.05, 3.63) is 88.0 Å². The van der Waals surface area contributed by atoms with Crippen LogP contribution < -0.4 is 15.3 Å². The van der Waals surface area contributed by atoms with E-state index in [0.717, 1.165) is 55.2 Å². The summed E-state index contributed by atoms with van der Waals surface area (Å²) >= 11 is 0. The minimum absolute atomic E-state index is 0. The third-order valence-electron chi connectivity index (χ3n) is 7.41. The second-order valence-corrected chi connectivity index (χ2v) is 15.3. The molecule has 0 bridgehead atoms. The molecule has 3 aromatic carbocycles. The topological polar surface area (TPSA) is 69.2 Å². The molecule has 46 heavy (non-hydrogen) atoms. The van der Waals surface area contributed by atoms with E-state index >= 15 is 0 Å². The van der Waals surface area contributed by atoms with Gasteiger partial charge in [-0.25, -0.2) is 0 Å². The predicted molar refractivity (Wildman–Crippen MR) is 195 cm³/mol. The third-order valence-corrected chi connectivity index (χ3v) is 7.41. The van der Waals surface area contributed by atoms with Gasteiger partial charge in [-0.05, 0) is 90.7 Å². The van der Waals surface area contributed by atoms with Gasteiger partial charge in [-0.1, -0.05) is 154 Å². The summed E-state index contributed by atoms with van der Waals surface area (Å²) in [5, 5.41) is 35.3. The van der Waals surface area contributed by atoms with Crippen molar-refractivity contribution in [3.8, 4) is 17.2 Å². The van der Waals surface area contributed by atoms with Gasteiger partial charge in [0.15, 0.2) is 0 Å². The fourth-order valence-corrected chi connectivity index (χ4v) is 5.65. The minimum atomic E-state index is 0. The molecular weight excluding hydrogens is 579 g/mol. The van der Waals surface area contributed by atoms with Crippen LogP contribution in [0.1, 0.15) is 116 Å². The maximum atomic E-state index is 11.8. The maximum absolute atomic E-state index is 11.8. The van der Waals surface area contributed by atoms with Crippen molar-refractivity contribution in [2.24, 2.45) is 35.5 Å². The Kier molecular flexibility index (Phi) is 21.1. The van der Waals surface area contributed by atoms with E-state index in [4.69, 9.17) is 0 Å². The normalized spacial score (nSPS) is 11.1. The molecule has 0 aromatic heterocycles. The van der Waals surface area contributed by atoms with Crippen LogP contribution in [-0.2, 0) is 38.5 Å². The van der Waals surface area contributed by atoms with Gasteiger partial charge in [0.05, 0.1) is 0 Å². The van der Waals surface area contributed by atoms with Gasteiger partial charge in [-0.2, -0.15) is 0 Å². The molecule has 0 saturated carbocycles. The summed E-state index contributed by atoms with van der Waals surface area (Å²) in [4.78, 5) is 0. The zero-order chi connectivity index (χ0) is 34.3. The first-order chi connectivity index (χ1) is 21.0. The molecule has 0 aliphatic carbocycles. The summed E-state index contributed by atoms with van der Waals surface area (Å²) in [6.07, 6.45) is 5.75. The van der Waals surface area contributed by atoms with Crippen LogP contribution in [-0.4, -0.2) is 17.4 Å². The van der Waals surface area contributed by atoms with Crippen LogP contribution in [0.15, 0.2) is 54.6 Å². The van der Waals surface area contributed by atoms with Crippen LogP contribution in [0.4, 0.5) is 0 Å². The van der Waals surface area contributed by atoms with Crippen LogP contribution in [0, 0.1) is 35.5 Å². The van der Waals surface area contributed by atoms with Crippen molar-refractivity contribution in [2.75, 3.05) is 0 Å². The average molecular weight is 643 g/mol. The molecule has 0 saturated heterocycles. The van der Waals surface area contributed by atoms with Crippen molar-refractivity contribution < 1.29 is 15.3 Å². The molecular formula is C42H63AlO3. The van der Waals surface area contributed by atoms with Crippen LogP contribution in [0.3, 0.4) is 0 Å². The summed E-state index contributed by atoms with van der Waals surface area (Å²) in [5.41, 5.74) is 6.81. The molecule has 4 heteroatoms. The Balaban J connectivity index is 0.000000653. The molecule has 0 heterocycles. The van der Waals surface area contributed by atoms with Gasteiger partial charge in [-0.15, -0.1) is 17.2 Å². The van der Waals surface area contributed by atoms with E-state index in [0.29, 0.717) is 35.5 Å². The van der Waals surface area contributed by atoms with Crippen LogP contribution in [0.25, 0.3) is 0 Å². The SMILES string of the molecule is CC(C)Cc1cccc([O-])c1CC(C)C.CC(C)Cc1cccc([O-])c1CC(C)C.CC(C)Cc1cccc([O-])c1CC(C)C.[Al+3]. The standard InChI is InChI=1S/3C14H22O.Al/c3*1-10(2)8-12-6-5-7-14(15)13(12)9-11(3)4;/h3*5-7,10-11,15H,8-9H2,1-4H3;/q;;;+3/p-3. The first-order valence-corrected chi connectivity index (χ1v) is 17.3. The van der Waals surface area contributed by atoms with E-state index in [9.17, 15) is 15.3 Å². The summed E-state index contributed by atoms with van der Waals surface area (Å²) in [6.45, 7) is 26.1. The molecule has 3 rings (SSSR count). The number of rotatable bonds is 12. The van der Waals surface area contributed by atoms with Gasteiger partial charge >= 0.3 is 17.4 Å². The van der Waals surface area contributed by atoms with Crippen LogP contribution in [0.5, 0.6) is 17.2 Å². The van der Waals surface area contributed by atoms with E-state index in [2.05, 4.69) is 101 Å². The van der Waals surface area contributed by atoms with Gasteiger partial charge in [0.2, 0.25) is 0 Å². The number of hydrogen-bond donors (Lipinski definition) is 0. The van der Waals surface area contributed by atoms with Gasteiger partial charge in [0.25, 0.3) is 0 Å². The molecule has 0 N–H and O–H groups in total. The predicted octanol–water partition coefficient (Wildman–Crippen LogP) is 9.09. The molecule has 3 nitrogen and oxygen atoms in total. The molecule has 252 valence electrons. The van der Waals surface area contributed by atoms with Crippen LogP contribution >= 0.6 is 0 Å². The largest absolute Gasteiger partial charge is 3.00 e. The molecule has 0 atom stereocenters. The van der Waals surface area contributed by atoms with Crippen molar-refractivity contribution in [1.82, 2.24) is 0 Å². The first kappa shape index (κ1) is 43.6. The Morgan fingerprint density at radius 1 is 0.348 bits per heavy atom. The van der Waals surface area contributed by atoms with E-state index in [1.807, 2.05) is 18.2 Å². The van der Waals surface area contributed by atoms with E-state index < -0.39 is 0 Å². The van der Waals surface area contributed by atoms with Crippen molar-refractivity contribution in [2.45, 2.75) is 122 Å². The van der Waals surface area contributed by atoms with Gasteiger partial charge in [0.1, 0.15) is 0 Å². The van der Waals surface area contributed by atoms with Gasteiger partial charge in [0, 0.05) is 0 Å². The smallest absolute Gasteiger partial charge is 0.872 e. The molecule has 0 aliphatic rings. The summed E-state index contributed by atoms with van der Waals surface area (Å²) in [5.74, 6) is 4.10. The summed E-state index contributed by atoms with van der Waals surface area (Å²) in [7, 11) is 0. The zero-order valence-corrected chi connectivity index (χ0v) is 32.4. The monoisotopic (exact) mass is 642 g/mol. The van der Waals surface area contributed by atoms with Crippen molar-refractivity contribution >= 4 is 17.4 Å². The van der Waals surface area contributed by atoms with Crippen molar-refractivity contribution in [3.63, 3.8) is 0 Å². The minimum Gasteiger partial charge on any atom is -0.872 e. The van der Waals surface area contributed by atoms with Crippen LogP contribution in [0.2, 0.25) is 0 Å². The molecule has 0 aliphatic heterocycles. The number of hydrogen-bond acceptors (Lipinski definition) is 3. The Hall–Kier alpha value is -2.41. The molecule has 3 aromatic rings. The third kappa shape index (κ3) is 16.9. The second kappa shape index (κ2) is 22.2. The van der Waals surface area contributed by atoms with Gasteiger partial charge in [-0.3, -0.25) is 0 Å². The molecule has 0 radical (unpaired) electrons. The van der Waals surface area contributed by atoms with Crippen molar-refractivity contribution in [1.29, 1.82) is 0 Å². The summed E-state index contributed by atoms with van der Waals surface area (Å²) in [6, 6.07) is 17.0. The first-order valence-electron chi connectivity index (χ1n) is 17.3. The zero-order valence-electron chi connectivity index (χ0n) is 31.2. The Labute approximate surface area is 294 Å².